The number of hydrogen-bond donors (Lipinski definition) is 0. The Labute approximate surface area is 120 Å². The first-order valence-electron chi connectivity index (χ1n) is 6.47. The van der Waals surface area contributed by atoms with Crippen LogP contribution in [0.4, 0.5) is 0 Å². The first-order valence-corrected chi connectivity index (χ1v) is 6.85. The molecule has 2 nitrogen and oxygen atoms in total. The largest absolute Gasteiger partial charge is 0.488 e. The molecule has 0 amide bonds. The Kier molecular flexibility index (Phi) is 6.37. The molecule has 2 rings (SSSR count). The summed E-state index contributed by atoms with van der Waals surface area (Å²) in [6, 6.07) is 11.8. The molecule has 1 aromatic heterocycles. The van der Waals surface area contributed by atoms with Crippen molar-refractivity contribution in [2.75, 3.05) is 0 Å². The predicted octanol–water partition coefficient (Wildman–Crippen LogP) is 4.96. The summed E-state index contributed by atoms with van der Waals surface area (Å²) in [6.45, 7) is 8.46. The van der Waals surface area contributed by atoms with Gasteiger partial charge in [-0.2, -0.15) is 0 Å². The van der Waals surface area contributed by atoms with E-state index in [9.17, 15) is 0 Å². The van der Waals surface area contributed by atoms with Gasteiger partial charge in [0.1, 0.15) is 17.5 Å². The standard InChI is InChI=1S/C14H14ClNO.C2H6/c1-10-11(2)16-14(15)8-13(10)17-9-12-6-4-3-5-7-12;1-2/h3-8H,9H2,1-2H3;1-2H3. The Morgan fingerprint density at radius 2 is 1.74 bits per heavy atom. The van der Waals surface area contributed by atoms with Crippen molar-refractivity contribution in [3.8, 4) is 5.75 Å². The SMILES string of the molecule is CC.Cc1nc(Cl)cc(OCc2ccccc2)c1C. The van der Waals surface area contributed by atoms with Crippen molar-refractivity contribution < 1.29 is 4.74 Å². The summed E-state index contributed by atoms with van der Waals surface area (Å²) in [7, 11) is 0. The third-order valence-electron chi connectivity index (χ3n) is 2.67. The van der Waals surface area contributed by atoms with E-state index in [4.69, 9.17) is 16.3 Å². The van der Waals surface area contributed by atoms with Crippen LogP contribution in [0.1, 0.15) is 30.7 Å². The van der Waals surface area contributed by atoms with E-state index in [1.54, 1.807) is 6.07 Å². The van der Waals surface area contributed by atoms with Crippen LogP contribution in [0.3, 0.4) is 0 Å². The van der Waals surface area contributed by atoms with E-state index in [2.05, 4.69) is 4.98 Å². The Bertz CT molecular complexity index is 512. The van der Waals surface area contributed by atoms with E-state index < -0.39 is 0 Å². The van der Waals surface area contributed by atoms with Crippen molar-refractivity contribution in [1.29, 1.82) is 0 Å². The third kappa shape index (κ3) is 4.56. The van der Waals surface area contributed by atoms with Gasteiger partial charge >= 0.3 is 0 Å². The number of aromatic nitrogens is 1. The van der Waals surface area contributed by atoms with Crippen LogP contribution >= 0.6 is 11.6 Å². The number of aryl methyl sites for hydroxylation is 1. The summed E-state index contributed by atoms with van der Waals surface area (Å²) >= 11 is 5.91. The molecule has 0 fully saturated rings. The molecule has 0 aliphatic rings. The number of nitrogens with zero attached hydrogens (tertiary/aromatic N) is 1. The lowest BCUT2D eigenvalue weighted by atomic mass is 10.2. The van der Waals surface area contributed by atoms with Gasteiger partial charge in [-0.05, 0) is 19.4 Å². The third-order valence-corrected chi connectivity index (χ3v) is 2.87. The first kappa shape index (κ1) is 15.5. The first-order chi connectivity index (χ1) is 9.16. The van der Waals surface area contributed by atoms with Gasteiger partial charge in [0.05, 0.1) is 0 Å². The second-order valence-electron chi connectivity index (χ2n) is 3.93. The fourth-order valence-electron chi connectivity index (χ4n) is 1.56. The monoisotopic (exact) mass is 277 g/mol. The molecular formula is C16H20ClNO. The van der Waals surface area contributed by atoms with Gasteiger partial charge in [-0.15, -0.1) is 0 Å². The number of rotatable bonds is 3. The predicted molar refractivity (Wildman–Crippen MR) is 80.8 cm³/mol. The average molecular weight is 278 g/mol. The van der Waals surface area contributed by atoms with Crippen LogP contribution in [-0.4, -0.2) is 4.98 Å². The second-order valence-corrected chi connectivity index (χ2v) is 4.32. The Hall–Kier alpha value is -1.54. The zero-order valence-electron chi connectivity index (χ0n) is 11.9. The van der Waals surface area contributed by atoms with Crippen LogP contribution in [0.25, 0.3) is 0 Å². The topological polar surface area (TPSA) is 22.1 Å². The van der Waals surface area contributed by atoms with E-state index in [-0.39, 0.29) is 0 Å². The highest BCUT2D eigenvalue weighted by Crippen LogP contribution is 2.24. The maximum Gasteiger partial charge on any atom is 0.133 e. The fourth-order valence-corrected chi connectivity index (χ4v) is 1.78. The summed E-state index contributed by atoms with van der Waals surface area (Å²) in [5, 5.41) is 0.469. The normalized spacial score (nSPS) is 9.53. The lowest BCUT2D eigenvalue weighted by molar-refractivity contribution is 0.303. The van der Waals surface area contributed by atoms with Crippen molar-refractivity contribution in [2.45, 2.75) is 34.3 Å². The van der Waals surface area contributed by atoms with E-state index >= 15 is 0 Å². The van der Waals surface area contributed by atoms with Crippen molar-refractivity contribution in [2.24, 2.45) is 0 Å². The summed E-state index contributed by atoms with van der Waals surface area (Å²) < 4.78 is 5.76. The van der Waals surface area contributed by atoms with Gasteiger partial charge in [0, 0.05) is 17.3 Å². The smallest absolute Gasteiger partial charge is 0.133 e. The molecule has 0 spiro atoms. The van der Waals surface area contributed by atoms with E-state index in [1.165, 1.54) is 0 Å². The number of halogens is 1. The van der Waals surface area contributed by atoms with Crippen molar-refractivity contribution >= 4 is 11.6 Å². The molecule has 0 aliphatic carbocycles. The summed E-state index contributed by atoms with van der Waals surface area (Å²) in [5.74, 6) is 0.798. The van der Waals surface area contributed by atoms with E-state index in [0.717, 1.165) is 22.6 Å². The Balaban J connectivity index is 0.000000861. The number of benzene rings is 1. The molecule has 0 aliphatic heterocycles. The number of ether oxygens (including phenoxy) is 1. The van der Waals surface area contributed by atoms with Crippen LogP contribution < -0.4 is 4.74 Å². The van der Waals surface area contributed by atoms with Gasteiger partial charge in [-0.3, -0.25) is 0 Å². The summed E-state index contributed by atoms with van der Waals surface area (Å²) in [6.07, 6.45) is 0. The number of pyridine rings is 1. The minimum Gasteiger partial charge on any atom is -0.488 e. The quantitative estimate of drug-likeness (QED) is 0.740. The summed E-state index contributed by atoms with van der Waals surface area (Å²) in [5.41, 5.74) is 3.07. The molecule has 1 heterocycles. The lowest BCUT2D eigenvalue weighted by Gasteiger charge is -2.11. The molecule has 0 N–H and O–H groups in total. The van der Waals surface area contributed by atoms with Gasteiger partial charge in [-0.1, -0.05) is 55.8 Å². The van der Waals surface area contributed by atoms with E-state index in [0.29, 0.717) is 11.8 Å². The lowest BCUT2D eigenvalue weighted by Crippen LogP contribution is -1.99. The van der Waals surface area contributed by atoms with Crippen LogP contribution in [0.15, 0.2) is 36.4 Å². The van der Waals surface area contributed by atoms with Gasteiger partial charge < -0.3 is 4.74 Å². The molecule has 0 atom stereocenters. The van der Waals surface area contributed by atoms with Crippen molar-refractivity contribution in [3.05, 3.63) is 58.4 Å². The minimum absolute atomic E-state index is 0.469. The molecule has 102 valence electrons. The molecule has 1 aromatic carbocycles. The molecule has 2 aromatic rings. The maximum atomic E-state index is 5.91. The number of hydrogen-bond acceptors (Lipinski definition) is 2. The average Bonchev–Trinajstić information content (AvgIpc) is 2.44. The van der Waals surface area contributed by atoms with Crippen LogP contribution in [0, 0.1) is 13.8 Å². The van der Waals surface area contributed by atoms with Gasteiger partial charge in [-0.25, -0.2) is 4.98 Å². The molecule has 0 unspecified atom stereocenters. The highest BCUT2D eigenvalue weighted by atomic mass is 35.5. The van der Waals surface area contributed by atoms with Crippen molar-refractivity contribution in [1.82, 2.24) is 4.98 Å². The molecule has 3 heteroatoms. The minimum atomic E-state index is 0.469. The summed E-state index contributed by atoms with van der Waals surface area (Å²) in [4.78, 5) is 4.17. The highest BCUT2D eigenvalue weighted by molar-refractivity contribution is 6.29. The van der Waals surface area contributed by atoms with Gasteiger partial charge in [0.15, 0.2) is 0 Å². The van der Waals surface area contributed by atoms with Gasteiger partial charge in [0.2, 0.25) is 0 Å². The zero-order valence-corrected chi connectivity index (χ0v) is 12.7. The molecule has 0 bridgehead atoms. The van der Waals surface area contributed by atoms with Crippen molar-refractivity contribution in [3.63, 3.8) is 0 Å². The van der Waals surface area contributed by atoms with Crippen LogP contribution in [0.2, 0.25) is 5.15 Å². The van der Waals surface area contributed by atoms with Crippen LogP contribution in [-0.2, 0) is 6.61 Å². The second kappa shape index (κ2) is 7.80. The highest BCUT2D eigenvalue weighted by Gasteiger charge is 2.06. The fraction of sp³-hybridized carbons (Fsp3) is 0.312. The molecule has 0 saturated carbocycles. The molecule has 0 radical (unpaired) electrons. The van der Waals surface area contributed by atoms with Crippen LogP contribution in [0.5, 0.6) is 5.75 Å². The Morgan fingerprint density at radius 1 is 1.11 bits per heavy atom. The van der Waals surface area contributed by atoms with E-state index in [1.807, 2.05) is 58.0 Å². The molecule has 19 heavy (non-hydrogen) atoms. The maximum absolute atomic E-state index is 5.91. The zero-order chi connectivity index (χ0) is 14.3. The Morgan fingerprint density at radius 3 is 2.37 bits per heavy atom. The molecular weight excluding hydrogens is 258 g/mol. The molecule has 0 saturated heterocycles. The van der Waals surface area contributed by atoms with Gasteiger partial charge in [0.25, 0.3) is 0 Å².